The molecule has 0 saturated heterocycles. The number of ketones is 1. The molecule has 2 rings (SSSR count). The minimum absolute atomic E-state index is 0.0358. The predicted octanol–water partition coefficient (Wildman–Crippen LogP) is 1.68. The lowest BCUT2D eigenvalue weighted by molar-refractivity contribution is -0.116. The van der Waals surface area contributed by atoms with E-state index in [0.717, 1.165) is 18.2 Å². The third-order valence-corrected chi connectivity index (χ3v) is 5.07. The molecule has 0 radical (unpaired) electrons. The Morgan fingerprint density at radius 1 is 1.17 bits per heavy atom. The smallest absolute Gasteiger partial charge is 0.338 e. The first-order valence-electron chi connectivity index (χ1n) is 9.75. The normalized spacial score (nSPS) is 10.7. The highest BCUT2D eigenvalue weighted by atomic mass is 31.2. The van der Waals surface area contributed by atoms with Gasteiger partial charge in [-0.1, -0.05) is 17.8 Å². The Bertz CT molecular complexity index is 1330. The number of phosphoric acid groups is 1. The van der Waals surface area contributed by atoms with E-state index < -0.39 is 43.7 Å². The topological polar surface area (TPSA) is 147 Å². The molecule has 10 nitrogen and oxygen atoms in total. The minimum atomic E-state index is -4.67. The number of nitrogens with one attached hydrogen (secondary N) is 2. The standard InChI is InChI=1S/C22H20F2N3O7P/c1-4-10-27-14(3)18(20(28)22(30)25-9-5-6-11-34-35(31,32)33)13(2)19(27)21(29)26-15-7-8-16(23)17(24)12-15/h1,7-8,12H,9-11H2,2-3H3,(H,25,30)(H,26,29)(H2,31,32,33). The number of aromatic nitrogens is 1. The van der Waals surface area contributed by atoms with Crippen LogP contribution in [0.4, 0.5) is 14.5 Å². The summed E-state index contributed by atoms with van der Waals surface area (Å²) in [7, 11) is -4.67. The van der Waals surface area contributed by atoms with Gasteiger partial charge in [0.2, 0.25) is 0 Å². The van der Waals surface area contributed by atoms with E-state index in [4.69, 9.17) is 16.2 Å². The number of carbonyl (C=O) groups excluding carboxylic acids is 3. The Morgan fingerprint density at radius 2 is 1.86 bits per heavy atom. The molecule has 35 heavy (non-hydrogen) atoms. The van der Waals surface area contributed by atoms with Crippen LogP contribution in [0.25, 0.3) is 0 Å². The van der Waals surface area contributed by atoms with Crippen LogP contribution in [0.5, 0.6) is 0 Å². The molecular formula is C22H20F2N3O7P. The third kappa shape index (κ3) is 7.09. The van der Waals surface area contributed by atoms with Gasteiger partial charge in [-0.25, -0.2) is 13.3 Å². The number of halogens is 2. The molecule has 184 valence electrons. The lowest BCUT2D eigenvalue weighted by atomic mass is 10.0. The van der Waals surface area contributed by atoms with Crippen molar-refractivity contribution >= 4 is 31.1 Å². The number of phosphoric ester groups is 1. The summed E-state index contributed by atoms with van der Waals surface area (Å²) in [6.45, 7) is 1.89. The van der Waals surface area contributed by atoms with Gasteiger partial charge in [0.15, 0.2) is 11.6 Å². The summed E-state index contributed by atoms with van der Waals surface area (Å²) in [5.41, 5.74) is 0.212. The van der Waals surface area contributed by atoms with E-state index in [1.807, 2.05) is 0 Å². The maximum Gasteiger partial charge on any atom is 0.470 e. The van der Waals surface area contributed by atoms with Crippen molar-refractivity contribution < 1.29 is 42.0 Å². The van der Waals surface area contributed by atoms with Crippen LogP contribution in [0.15, 0.2) is 18.2 Å². The Balaban J connectivity index is 2.25. The summed E-state index contributed by atoms with van der Waals surface area (Å²) in [6, 6.07) is 2.78. The molecule has 0 aliphatic rings. The number of hydrogen-bond acceptors (Lipinski definition) is 5. The summed E-state index contributed by atoms with van der Waals surface area (Å²) in [4.78, 5) is 55.2. The van der Waals surface area contributed by atoms with E-state index in [9.17, 15) is 27.7 Å². The molecule has 1 aromatic carbocycles. The van der Waals surface area contributed by atoms with Crippen molar-refractivity contribution in [2.24, 2.45) is 0 Å². The van der Waals surface area contributed by atoms with Crippen molar-refractivity contribution in [1.29, 1.82) is 0 Å². The summed E-state index contributed by atoms with van der Waals surface area (Å²) in [5, 5.41) is 4.64. The van der Waals surface area contributed by atoms with Gasteiger partial charge in [-0.2, -0.15) is 0 Å². The van der Waals surface area contributed by atoms with Gasteiger partial charge < -0.3 is 25.0 Å². The second-order valence-electron chi connectivity index (χ2n) is 6.94. The average Bonchev–Trinajstić information content (AvgIpc) is 3.01. The van der Waals surface area contributed by atoms with Gasteiger partial charge in [-0.05, 0) is 31.5 Å². The van der Waals surface area contributed by atoms with Crippen LogP contribution in [-0.2, 0) is 20.4 Å². The number of amides is 2. The molecule has 1 heterocycles. The molecule has 0 aliphatic heterocycles. The van der Waals surface area contributed by atoms with E-state index >= 15 is 0 Å². The quantitative estimate of drug-likeness (QED) is 0.184. The highest BCUT2D eigenvalue weighted by molar-refractivity contribution is 7.46. The average molecular weight is 507 g/mol. The number of Topliss-reactive ketones (excluding diaryl/α,β-unsaturated/α-hetero) is 1. The highest BCUT2D eigenvalue weighted by Gasteiger charge is 2.29. The fourth-order valence-corrected chi connectivity index (χ4v) is 3.36. The third-order valence-electron chi connectivity index (χ3n) is 4.61. The first kappa shape index (κ1) is 27.4. The van der Waals surface area contributed by atoms with Gasteiger partial charge >= 0.3 is 7.82 Å². The molecule has 0 aliphatic carbocycles. The summed E-state index contributed by atoms with van der Waals surface area (Å²) in [5.74, 6) is 1.91. The zero-order chi connectivity index (χ0) is 26.3. The molecule has 0 bridgehead atoms. The van der Waals surface area contributed by atoms with Crippen LogP contribution in [0.2, 0.25) is 0 Å². The summed E-state index contributed by atoms with van der Waals surface area (Å²) >= 11 is 0. The number of hydrogen-bond donors (Lipinski definition) is 4. The Hall–Kier alpha value is -3.80. The number of rotatable bonds is 8. The lowest BCUT2D eigenvalue weighted by Gasteiger charge is -2.10. The second kappa shape index (κ2) is 11.6. The highest BCUT2D eigenvalue weighted by Crippen LogP contribution is 2.35. The molecule has 1 aromatic heterocycles. The SMILES string of the molecule is C#CCn1c(C)c(C(=O)C(=O)NCC#CCOP(=O)(O)O)c(C)c1C(=O)Nc1ccc(F)c(F)c1. The molecule has 13 heteroatoms. The summed E-state index contributed by atoms with van der Waals surface area (Å²) in [6.07, 6.45) is 5.38. The maximum absolute atomic E-state index is 13.5. The van der Waals surface area contributed by atoms with E-state index in [0.29, 0.717) is 0 Å². The van der Waals surface area contributed by atoms with Crippen LogP contribution < -0.4 is 10.6 Å². The zero-order valence-electron chi connectivity index (χ0n) is 18.5. The Kier molecular flexibility index (Phi) is 9.06. The van der Waals surface area contributed by atoms with Gasteiger partial charge in [0.05, 0.1) is 18.7 Å². The zero-order valence-corrected chi connectivity index (χ0v) is 19.4. The van der Waals surface area contributed by atoms with Gasteiger partial charge in [-0.15, -0.1) is 6.42 Å². The van der Waals surface area contributed by atoms with Crippen molar-refractivity contribution in [3.63, 3.8) is 0 Å². The number of carbonyl (C=O) groups is 3. The monoisotopic (exact) mass is 507 g/mol. The molecule has 0 unspecified atom stereocenters. The number of nitrogens with zero attached hydrogens (tertiary/aromatic N) is 1. The molecule has 0 fully saturated rings. The minimum Gasteiger partial charge on any atom is -0.338 e. The summed E-state index contributed by atoms with van der Waals surface area (Å²) < 4.78 is 42.7. The van der Waals surface area contributed by atoms with Crippen molar-refractivity contribution in [3.8, 4) is 24.2 Å². The predicted molar refractivity (Wildman–Crippen MR) is 120 cm³/mol. The molecule has 4 N–H and O–H groups in total. The van der Waals surface area contributed by atoms with Crippen molar-refractivity contribution in [2.75, 3.05) is 18.5 Å². The van der Waals surface area contributed by atoms with Gasteiger partial charge in [0.25, 0.3) is 17.6 Å². The number of benzene rings is 1. The van der Waals surface area contributed by atoms with Crippen molar-refractivity contribution in [2.45, 2.75) is 20.4 Å². The first-order valence-corrected chi connectivity index (χ1v) is 11.3. The largest absolute Gasteiger partial charge is 0.470 e. The molecule has 0 spiro atoms. The maximum atomic E-state index is 13.5. The Morgan fingerprint density at radius 3 is 2.46 bits per heavy atom. The van der Waals surface area contributed by atoms with E-state index in [-0.39, 0.29) is 41.3 Å². The molecular weight excluding hydrogens is 487 g/mol. The van der Waals surface area contributed by atoms with Crippen LogP contribution in [0, 0.1) is 49.7 Å². The molecule has 2 aromatic rings. The van der Waals surface area contributed by atoms with E-state index in [1.54, 1.807) is 0 Å². The van der Waals surface area contributed by atoms with Crippen LogP contribution in [0.3, 0.4) is 0 Å². The van der Waals surface area contributed by atoms with Crippen LogP contribution in [0.1, 0.15) is 32.1 Å². The fourth-order valence-electron chi connectivity index (χ4n) is 3.12. The van der Waals surface area contributed by atoms with Gasteiger partial charge in [0.1, 0.15) is 12.3 Å². The Labute approximate surface area is 198 Å². The van der Waals surface area contributed by atoms with Gasteiger partial charge in [-0.3, -0.25) is 18.9 Å². The first-order chi connectivity index (χ1) is 16.4. The van der Waals surface area contributed by atoms with Crippen LogP contribution >= 0.6 is 7.82 Å². The van der Waals surface area contributed by atoms with E-state index in [2.05, 4.69) is 32.9 Å². The van der Waals surface area contributed by atoms with E-state index in [1.165, 1.54) is 18.4 Å². The van der Waals surface area contributed by atoms with Gasteiger partial charge in [0, 0.05) is 17.4 Å². The molecule has 0 saturated carbocycles. The molecule has 0 atom stereocenters. The number of anilines is 1. The lowest BCUT2D eigenvalue weighted by Crippen LogP contribution is -2.32. The molecule has 2 amide bonds. The number of terminal acetylenes is 1. The van der Waals surface area contributed by atoms with Crippen molar-refractivity contribution in [3.05, 3.63) is 52.3 Å². The second-order valence-corrected chi connectivity index (χ2v) is 8.18. The fraction of sp³-hybridized carbons (Fsp3) is 0.227. The van der Waals surface area contributed by atoms with Crippen molar-refractivity contribution in [1.82, 2.24) is 9.88 Å². The van der Waals surface area contributed by atoms with Crippen LogP contribution in [-0.4, -0.2) is 45.1 Å².